The van der Waals surface area contributed by atoms with Crippen molar-refractivity contribution >= 4 is 5.91 Å². The van der Waals surface area contributed by atoms with Crippen molar-refractivity contribution in [2.24, 2.45) is 0 Å². The molecule has 0 aromatic heterocycles. The molecule has 1 fully saturated rings. The quantitative estimate of drug-likeness (QED) is 0.884. The van der Waals surface area contributed by atoms with Crippen molar-refractivity contribution in [2.45, 2.75) is 18.4 Å². The zero-order chi connectivity index (χ0) is 17.1. The summed E-state index contributed by atoms with van der Waals surface area (Å²) < 4.78 is 36.6. The number of rotatable bonds is 6. The van der Waals surface area contributed by atoms with Gasteiger partial charge in [0.2, 0.25) is 0 Å². The number of amides is 1. The highest BCUT2D eigenvalue weighted by atomic mass is 19.1. The molecule has 0 bridgehead atoms. The molecule has 1 N–H and O–H groups in total. The van der Waals surface area contributed by atoms with Crippen molar-refractivity contribution < 1.29 is 23.0 Å². The third kappa shape index (κ3) is 3.64. The van der Waals surface area contributed by atoms with Crippen LogP contribution >= 0.6 is 0 Å². The Labute approximate surface area is 138 Å². The summed E-state index contributed by atoms with van der Waals surface area (Å²) in [6.07, 6.45) is 0.816. The van der Waals surface area contributed by atoms with E-state index < -0.39 is 11.6 Å². The lowest BCUT2D eigenvalue weighted by atomic mass is 10.1. The Kier molecular flexibility index (Phi) is 4.64. The van der Waals surface area contributed by atoms with Gasteiger partial charge in [0.15, 0.2) is 18.2 Å². The zero-order valence-corrected chi connectivity index (χ0v) is 13.1. The van der Waals surface area contributed by atoms with Crippen molar-refractivity contribution in [3.63, 3.8) is 0 Å². The maximum atomic E-state index is 13.4. The molecule has 0 spiro atoms. The number of ether oxygens (including phenoxy) is 2. The van der Waals surface area contributed by atoms with Gasteiger partial charge >= 0.3 is 0 Å². The first-order valence-corrected chi connectivity index (χ1v) is 7.58. The van der Waals surface area contributed by atoms with Crippen LogP contribution in [0.2, 0.25) is 0 Å². The minimum atomic E-state index is -0.832. The second-order valence-corrected chi connectivity index (χ2v) is 5.62. The molecule has 0 unspecified atom stereocenters. The molecular weight excluding hydrogens is 316 g/mol. The molecule has 2 aromatic carbocycles. The van der Waals surface area contributed by atoms with Gasteiger partial charge in [0.1, 0.15) is 11.6 Å². The fourth-order valence-corrected chi connectivity index (χ4v) is 2.65. The van der Waals surface area contributed by atoms with E-state index in [0.717, 1.165) is 29.9 Å². The van der Waals surface area contributed by atoms with Crippen molar-refractivity contribution in [2.75, 3.05) is 13.7 Å². The molecule has 1 amide bonds. The number of nitrogens with one attached hydrogen (secondary N) is 1. The summed E-state index contributed by atoms with van der Waals surface area (Å²) in [5.41, 5.74) is 1.05. The molecule has 4 nitrogen and oxygen atoms in total. The maximum Gasteiger partial charge on any atom is 0.258 e. The minimum absolute atomic E-state index is 0.00969. The van der Waals surface area contributed by atoms with Crippen LogP contribution in [0.1, 0.15) is 17.9 Å². The predicted molar refractivity (Wildman–Crippen MR) is 84.1 cm³/mol. The van der Waals surface area contributed by atoms with E-state index in [9.17, 15) is 13.6 Å². The molecule has 6 heteroatoms. The summed E-state index contributed by atoms with van der Waals surface area (Å²) in [5, 5.41) is 2.84. The highest BCUT2D eigenvalue weighted by Gasteiger charge is 2.41. The summed E-state index contributed by atoms with van der Waals surface area (Å²) in [4.78, 5) is 11.9. The fraction of sp³-hybridized carbons (Fsp3) is 0.278. The number of hydrogen-bond acceptors (Lipinski definition) is 3. The third-order valence-corrected chi connectivity index (χ3v) is 3.93. The summed E-state index contributed by atoms with van der Waals surface area (Å²) in [6, 6.07) is 10.6. The molecular formula is C18H17F2NO3. The first-order valence-electron chi connectivity index (χ1n) is 7.58. The second kappa shape index (κ2) is 6.86. The van der Waals surface area contributed by atoms with Gasteiger partial charge in [0.25, 0.3) is 5.91 Å². The largest absolute Gasteiger partial charge is 0.496 e. The average molecular weight is 333 g/mol. The Bertz CT molecular complexity index is 751. The van der Waals surface area contributed by atoms with Gasteiger partial charge in [-0.1, -0.05) is 18.2 Å². The molecule has 2 atom stereocenters. The monoisotopic (exact) mass is 333 g/mol. The highest BCUT2D eigenvalue weighted by Crippen LogP contribution is 2.44. The number of carbonyl (C=O) groups is 1. The van der Waals surface area contributed by atoms with Gasteiger partial charge in [-0.3, -0.25) is 4.79 Å². The standard InChI is InChI=1S/C18H17F2NO3/c1-23-16-5-3-2-4-12(16)13-9-15(13)21-18(22)10-24-17-7-6-11(19)8-14(17)20/h2-8,13,15H,9-10H2,1H3,(H,21,22)/t13-,15+/m0/s1. The maximum absolute atomic E-state index is 13.4. The molecule has 2 aromatic rings. The van der Waals surface area contributed by atoms with Gasteiger partial charge in [0, 0.05) is 18.0 Å². The van der Waals surface area contributed by atoms with E-state index in [1.54, 1.807) is 7.11 Å². The van der Waals surface area contributed by atoms with E-state index in [-0.39, 0.29) is 30.2 Å². The van der Waals surface area contributed by atoms with E-state index in [4.69, 9.17) is 9.47 Å². The van der Waals surface area contributed by atoms with E-state index in [1.165, 1.54) is 0 Å². The minimum Gasteiger partial charge on any atom is -0.496 e. The number of methoxy groups -OCH3 is 1. The fourth-order valence-electron chi connectivity index (χ4n) is 2.65. The highest BCUT2D eigenvalue weighted by molar-refractivity contribution is 5.78. The summed E-state index contributed by atoms with van der Waals surface area (Å²) >= 11 is 0. The van der Waals surface area contributed by atoms with Crippen LogP contribution in [0.4, 0.5) is 8.78 Å². The first-order chi connectivity index (χ1) is 11.6. The molecule has 0 aliphatic heterocycles. The van der Waals surface area contributed by atoms with Crippen LogP contribution in [0.15, 0.2) is 42.5 Å². The molecule has 24 heavy (non-hydrogen) atoms. The number of benzene rings is 2. The van der Waals surface area contributed by atoms with Crippen LogP contribution < -0.4 is 14.8 Å². The number of para-hydroxylation sites is 1. The normalized spacial score (nSPS) is 18.8. The molecule has 3 rings (SSSR count). The molecule has 0 heterocycles. The topological polar surface area (TPSA) is 47.6 Å². The summed E-state index contributed by atoms with van der Waals surface area (Å²) in [6.45, 7) is -0.322. The summed E-state index contributed by atoms with van der Waals surface area (Å²) in [5.74, 6) is -1.02. The Morgan fingerprint density at radius 3 is 2.75 bits per heavy atom. The van der Waals surface area contributed by atoms with Gasteiger partial charge < -0.3 is 14.8 Å². The number of halogens is 2. The van der Waals surface area contributed by atoms with Crippen molar-refractivity contribution in [3.8, 4) is 11.5 Å². The second-order valence-electron chi connectivity index (χ2n) is 5.62. The molecule has 1 aliphatic rings. The van der Waals surface area contributed by atoms with Gasteiger partial charge in [-0.05, 0) is 30.2 Å². The van der Waals surface area contributed by atoms with Crippen LogP contribution in [0, 0.1) is 11.6 Å². The molecule has 0 saturated heterocycles. The first kappa shape index (κ1) is 16.2. The Morgan fingerprint density at radius 2 is 2.00 bits per heavy atom. The van der Waals surface area contributed by atoms with Crippen LogP contribution in [-0.4, -0.2) is 25.7 Å². The molecule has 1 saturated carbocycles. The lowest BCUT2D eigenvalue weighted by Gasteiger charge is -2.10. The van der Waals surface area contributed by atoms with E-state index >= 15 is 0 Å². The lowest BCUT2D eigenvalue weighted by molar-refractivity contribution is -0.123. The van der Waals surface area contributed by atoms with Crippen molar-refractivity contribution in [1.29, 1.82) is 0 Å². The van der Waals surface area contributed by atoms with E-state index in [2.05, 4.69) is 5.32 Å². The number of carbonyl (C=O) groups excluding carboxylic acids is 1. The van der Waals surface area contributed by atoms with Crippen molar-refractivity contribution in [1.82, 2.24) is 5.32 Å². The third-order valence-electron chi connectivity index (χ3n) is 3.93. The SMILES string of the molecule is COc1ccccc1[C@@H]1C[C@H]1NC(=O)COc1ccc(F)cc1F. The van der Waals surface area contributed by atoms with Gasteiger partial charge in [-0.25, -0.2) is 8.78 Å². The van der Waals surface area contributed by atoms with Crippen LogP contribution in [-0.2, 0) is 4.79 Å². The van der Waals surface area contributed by atoms with Crippen molar-refractivity contribution in [3.05, 3.63) is 59.7 Å². The molecule has 0 radical (unpaired) electrons. The average Bonchev–Trinajstić information content (AvgIpc) is 3.33. The molecule has 126 valence electrons. The van der Waals surface area contributed by atoms with E-state index in [1.807, 2.05) is 24.3 Å². The van der Waals surface area contributed by atoms with Crippen LogP contribution in [0.5, 0.6) is 11.5 Å². The molecule has 1 aliphatic carbocycles. The predicted octanol–water partition coefficient (Wildman–Crippen LogP) is 3.02. The lowest BCUT2D eigenvalue weighted by Crippen LogP contribution is -2.31. The van der Waals surface area contributed by atoms with Crippen LogP contribution in [0.25, 0.3) is 0 Å². The summed E-state index contributed by atoms with van der Waals surface area (Å²) in [7, 11) is 1.61. The van der Waals surface area contributed by atoms with E-state index in [0.29, 0.717) is 6.07 Å². The van der Waals surface area contributed by atoms with Crippen LogP contribution in [0.3, 0.4) is 0 Å². The van der Waals surface area contributed by atoms with Gasteiger partial charge in [-0.2, -0.15) is 0 Å². The smallest absolute Gasteiger partial charge is 0.258 e. The zero-order valence-electron chi connectivity index (χ0n) is 13.1. The Morgan fingerprint density at radius 1 is 1.21 bits per heavy atom. The Balaban J connectivity index is 1.52. The number of hydrogen-bond donors (Lipinski definition) is 1. The van der Waals surface area contributed by atoms with Gasteiger partial charge in [-0.15, -0.1) is 0 Å². The van der Waals surface area contributed by atoms with Gasteiger partial charge in [0.05, 0.1) is 7.11 Å². The Hall–Kier alpha value is -2.63.